The van der Waals surface area contributed by atoms with Crippen LogP contribution in [0.15, 0.2) is 40.9 Å². The van der Waals surface area contributed by atoms with Gasteiger partial charge in [-0.3, -0.25) is 4.79 Å². The zero-order valence-corrected chi connectivity index (χ0v) is 12.2. The zero-order chi connectivity index (χ0) is 14.0. The quantitative estimate of drug-likeness (QED) is 0.869. The number of hydrogen-bond donors (Lipinski definition) is 1. The van der Waals surface area contributed by atoms with Crippen LogP contribution in [0, 0.1) is 19.7 Å². The van der Waals surface area contributed by atoms with E-state index in [4.69, 9.17) is 0 Å². The van der Waals surface area contributed by atoms with Gasteiger partial charge in [-0.2, -0.15) is 0 Å². The van der Waals surface area contributed by atoms with E-state index in [1.54, 1.807) is 6.92 Å². The topological polar surface area (TPSA) is 29.1 Å². The van der Waals surface area contributed by atoms with Crippen LogP contribution in [0.2, 0.25) is 0 Å². The lowest BCUT2D eigenvalue weighted by atomic mass is 10.1. The lowest BCUT2D eigenvalue weighted by molar-refractivity contribution is 0.102. The maximum atomic E-state index is 13.1. The third kappa shape index (κ3) is 3.20. The molecule has 2 aromatic rings. The van der Waals surface area contributed by atoms with Crippen LogP contribution in [-0.2, 0) is 0 Å². The summed E-state index contributed by atoms with van der Waals surface area (Å²) in [6.45, 7) is 3.58. The van der Waals surface area contributed by atoms with Crippen molar-refractivity contribution in [1.29, 1.82) is 0 Å². The number of anilines is 1. The first-order chi connectivity index (χ1) is 8.97. The molecule has 2 aromatic carbocycles. The van der Waals surface area contributed by atoms with Crippen LogP contribution >= 0.6 is 15.9 Å². The molecule has 1 N–H and O–H groups in total. The minimum Gasteiger partial charge on any atom is -0.322 e. The van der Waals surface area contributed by atoms with Gasteiger partial charge in [0.1, 0.15) is 5.82 Å². The molecule has 2 rings (SSSR count). The molecule has 0 saturated heterocycles. The first-order valence-electron chi connectivity index (χ1n) is 5.81. The lowest BCUT2D eigenvalue weighted by Gasteiger charge is -2.08. The van der Waals surface area contributed by atoms with Crippen LogP contribution in [0.5, 0.6) is 0 Å². The second-order valence-corrected chi connectivity index (χ2v) is 5.24. The Morgan fingerprint density at radius 1 is 1.11 bits per heavy atom. The number of rotatable bonds is 2. The second kappa shape index (κ2) is 5.53. The minimum absolute atomic E-state index is 0.246. The first-order valence-corrected chi connectivity index (χ1v) is 6.60. The van der Waals surface area contributed by atoms with E-state index in [-0.39, 0.29) is 11.7 Å². The smallest absolute Gasteiger partial charge is 0.255 e. The fraction of sp³-hybridized carbons (Fsp3) is 0.133. The Morgan fingerprint density at radius 3 is 2.47 bits per heavy atom. The summed E-state index contributed by atoms with van der Waals surface area (Å²) >= 11 is 3.40. The van der Waals surface area contributed by atoms with E-state index >= 15 is 0 Å². The number of hydrogen-bond acceptors (Lipinski definition) is 1. The van der Waals surface area contributed by atoms with Crippen molar-refractivity contribution in [2.75, 3.05) is 5.32 Å². The van der Waals surface area contributed by atoms with Crippen molar-refractivity contribution in [3.8, 4) is 0 Å². The highest BCUT2D eigenvalue weighted by molar-refractivity contribution is 9.10. The third-order valence-corrected chi connectivity index (χ3v) is 3.73. The second-order valence-electron chi connectivity index (χ2n) is 4.38. The van der Waals surface area contributed by atoms with Gasteiger partial charge in [0, 0.05) is 15.7 Å². The zero-order valence-electron chi connectivity index (χ0n) is 10.6. The summed E-state index contributed by atoms with van der Waals surface area (Å²) in [5.74, 6) is -0.555. The van der Waals surface area contributed by atoms with Gasteiger partial charge in [-0.1, -0.05) is 15.9 Å². The predicted octanol–water partition coefficient (Wildman–Crippen LogP) is 4.46. The molecule has 0 heterocycles. The molecule has 2 nitrogen and oxygen atoms in total. The SMILES string of the molecule is Cc1cc(C(=O)Nc2ccc(Br)c(C)c2)ccc1F. The number of carbonyl (C=O) groups excluding carboxylic acids is 1. The van der Waals surface area contributed by atoms with Crippen molar-refractivity contribution in [3.05, 3.63) is 63.4 Å². The van der Waals surface area contributed by atoms with Crippen LogP contribution in [0.3, 0.4) is 0 Å². The Morgan fingerprint density at radius 2 is 1.84 bits per heavy atom. The summed E-state index contributed by atoms with van der Waals surface area (Å²) in [5, 5.41) is 2.79. The number of benzene rings is 2. The van der Waals surface area contributed by atoms with Gasteiger partial charge in [0.05, 0.1) is 0 Å². The van der Waals surface area contributed by atoms with Crippen LogP contribution in [0.1, 0.15) is 21.5 Å². The molecule has 98 valence electrons. The maximum absolute atomic E-state index is 13.1. The van der Waals surface area contributed by atoms with Gasteiger partial charge >= 0.3 is 0 Å². The summed E-state index contributed by atoms with van der Waals surface area (Å²) in [4.78, 5) is 12.0. The Hall–Kier alpha value is -1.68. The molecule has 0 bridgehead atoms. The van der Waals surface area contributed by atoms with Crippen molar-refractivity contribution < 1.29 is 9.18 Å². The average molecular weight is 322 g/mol. The number of carbonyl (C=O) groups is 1. The standard InChI is InChI=1S/C15H13BrFNO/c1-9-8-12(4-5-13(9)16)18-15(19)11-3-6-14(17)10(2)7-11/h3-8H,1-2H3,(H,18,19). The molecule has 0 unspecified atom stereocenters. The summed E-state index contributed by atoms with van der Waals surface area (Å²) in [5.41, 5.74) is 2.65. The fourth-order valence-corrected chi connectivity index (χ4v) is 1.96. The Balaban J connectivity index is 2.20. The highest BCUT2D eigenvalue weighted by Crippen LogP contribution is 2.20. The first kappa shape index (κ1) is 13.7. The lowest BCUT2D eigenvalue weighted by Crippen LogP contribution is -2.12. The van der Waals surface area contributed by atoms with E-state index < -0.39 is 0 Å². The molecule has 0 aliphatic rings. The van der Waals surface area contributed by atoms with Crippen molar-refractivity contribution in [2.24, 2.45) is 0 Å². The molecule has 0 radical (unpaired) electrons. The molecule has 0 saturated carbocycles. The molecule has 4 heteroatoms. The number of nitrogens with one attached hydrogen (secondary N) is 1. The van der Waals surface area contributed by atoms with E-state index in [2.05, 4.69) is 21.2 Å². The molecule has 0 aliphatic heterocycles. The summed E-state index contributed by atoms with van der Waals surface area (Å²) in [6, 6.07) is 9.88. The minimum atomic E-state index is -0.309. The molecular weight excluding hydrogens is 309 g/mol. The van der Waals surface area contributed by atoms with E-state index in [1.807, 2.05) is 25.1 Å². The average Bonchev–Trinajstić information content (AvgIpc) is 2.37. The molecule has 0 atom stereocenters. The van der Waals surface area contributed by atoms with Gasteiger partial charge in [0.2, 0.25) is 0 Å². The molecule has 0 aliphatic carbocycles. The van der Waals surface area contributed by atoms with Gasteiger partial charge in [-0.25, -0.2) is 4.39 Å². The van der Waals surface area contributed by atoms with Gasteiger partial charge in [0.15, 0.2) is 0 Å². The third-order valence-electron chi connectivity index (χ3n) is 2.84. The Bertz CT molecular complexity index is 640. The summed E-state index contributed by atoms with van der Waals surface area (Å²) < 4.78 is 14.1. The van der Waals surface area contributed by atoms with Crippen LogP contribution in [0.4, 0.5) is 10.1 Å². The van der Waals surface area contributed by atoms with Gasteiger partial charge in [0.25, 0.3) is 5.91 Å². The van der Waals surface area contributed by atoms with Crippen molar-refractivity contribution in [1.82, 2.24) is 0 Å². The Kier molecular flexibility index (Phi) is 4.00. The molecule has 0 fully saturated rings. The maximum Gasteiger partial charge on any atom is 0.255 e. The number of amides is 1. The fourth-order valence-electron chi connectivity index (χ4n) is 1.71. The summed E-state index contributed by atoms with van der Waals surface area (Å²) in [6.07, 6.45) is 0. The highest BCUT2D eigenvalue weighted by atomic mass is 79.9. The highest BCUT2D eigenvalue weighted by Gasteiger charge is 2.08. The summed E-state index contributed by atoms with van der Waals surface area (Å²) in [7, 11) is 0. The van der Waals surface area contributed by atoms with E-state index in [0.717, 1.165) is 10.0 Å². The van der Waals surface area contributed by atoms with Gasteiger partial charge in [-0.05, 0) is 61.4 Å². The Labute approximate surface area is 119 Å². The molecule has 19 heavy (non-hydrogen) atoms. The van der Waals surface area contributed by atoms with Crippen molar-refractivity contribution in [3.63, 3.8) is 0 Å². The van der Waals surface area contributed by atoms with E-state index in [1.165, 1.54) is 18.2 Å². The molecular formula is C15H13BrFNO. The number of halogens is 2. The van der Waals surface area contributed by atoms with Crippen molar-refractivity contribution in [2.45, 2.75) is 13.8 Å². The predicted molar refractivity (Wildman–Crippen MR) is 78.0 cm³/mol. The van der Waals surface area contributed by atoms with E-state index in [0.29, 0.717) is 16.8 Å². The van der Waals surface area contributed by atoms with Crippen LogP contribution in [-0.4, -0.2) is 5.91 Å². The van der Waals surface area contributed by atoms with Crippen LogP contribution < -0.4 is 5.32 Å². The van der Waals surface area contributed by atoms with E-state index in [9.17, 15) is 9.18 Å². The van der Waals surface area contributed by atoms with Gasteiger partial charge in [-0.15, -0.1) is 0 Å². The molecule has 0 aromatic heterocycles. The molecule has 0 spiro atoms. The molecule has 1 amide bonds. The van der Waals surface area contributed by atoms with Gasteiger partial charge < -0.3 is 5.32 Å². The van der Waals surface area contributed by atoms with Crippen LogP contribution in [0.25, 0.3) is 0 Å². The monoisotopic (exact) mass is 321 g/mol. The van der Waals surface area contributed by atoms with Crippen molar-refractivity contribution >= 4 is 27.5 Å². The normalized spacial score (nSPS) is 10.3. The largest absolute Gasteiger partial charge is 0.322 e. The number of aryl methyl sites for hydroxylation is 2.